The Morgan fingerprint density at radius 1 is 1.12 bits per heavy atom. The van der Waals surface area contributed by atoms with Gasteiger partial charge < -0.3 is 20.5 Å². The van der Waals surface area contributed by atoms with Crippen LogP contribution in [0.1, 0.15) is 44.7 Å². The van der Waals surface area contributed by atoms with Gasteiger partial charge in [0, 0.05) is 45.8 Å². The monoisotopic (exact) mass is 445 g/mol. The summed E-state index contributed by atoms with van der Waals surface area (Å²) in [5.74, 6) is 1.55. The topological polar surface area (TPSA) is 72.4 Å². The van der Waals surface area contributed by atoms with E-state index in [9.17, 15) is 5.11 Å². The van der Waals surface area contributed by atoms with Crippen LogP contribution in [0.5, 0.6) is 0 Å². The number of rotatable bonds is 9. The summed E-state index contributed by atoms with van der Waals surface area (Å²) in [6.07, 6.45) is 2.67. The highest BCUT2D eigenvalue weighted by Gasteiger charge is 2.25. The first-order chi connectivity index (χ1) is 15.4. The maximum absolute atomic E-state index is 10.8. The molecule has 7 nitrogen and oxygen atoms in total. The molecule has 0 saturated carbocycles. The first kappa shape index (κ1) is 25.0. The van der Waals surface area contributed by atoms with Crippen LogP contribution in [0, 0.1) is 5.92 Å². The molecule has 0 aliphatic carbocycles. The molecular formula is C25H43N5O2. The van der Waals surface area contributed by atoms with Gasteiger partial charge in [-0.05, 0) is 50.3 Å². The van der Waals surface area contributed by atoms with Gasteiger partial charge in [0.05, 0.1) is 25.4 Å². The maximum atomic E-state index is 10.8. The molecular weight excluding hydrogens is 402 g/mol. The number of hydrogen-bond acceptors (Lipinski definition) is 5. The molecule has 3 N–H and O–H groups in total. The van der Waals surface area contributed by atoms with Crippen LogP contribution in [0.2, 0.25) is 0 Å². The van der Waals surface area contributed by atoms with Gasteiger partial charge in [0.25, 0.3) is 0 Å². The van der Waals surface area contributed by atoms with Gasteiger partial charge in [-0.25, -0.2) is 4.99 Å². The van der Waals surface area contributed by atoms with E-state index < -0.39 is 5.60 Å². The van der Waals surface area contributed by atoms with Crippen molar-refractivity contribution < 1.29 is 9.84 Å². The van der Waals surface area contributed by atoms with Crippen LogP contribution in [0.3, 0.4) is 0 Å². The number of piperidine rings is 1. The zero-order valence-corrected chi connectivity index (χ0v) is 20.3. The third kappa shape index (κ3) is 8.70. The zero-order valence-electron chi connectivity index (χ0n) is 20.3. The lowest BCUT2D eigenvalue weighted by atomic mass is 9.99. The number of hydrogen-bond donors (Lipinski definition) is 3. The summed E-state index contributed by atoms with van der Waals surface area (Å²) in [5.41, 5.74) is 1.73. The molecule has 7 heteroatoms. The van der Waals surface area contributed by atoms with Crippen LogP contribution < -0.4 is 10.6 Å². The van der Waals surface area contributed by atoms with E-state index in [4.69, 9.17) is 9.73 Å². The molecule has 0 spiro atoms. The van der Waals surface area contributed by atoms with Crippen molar-refractivity contribution in [1.29, 1.82) is 0 Å². The summed E-state index contributed by atoms with van der Waals surface area (Å²) in [5, 5.41) is 17.4. The lowest BCUT2D eigenvalue weighted by Gasteiger charge is -2.34. The largest absolute Gasteiger partial charge is 0.387 e. The van der Waals surface area contributed by atoms with Crippen molar-refractivity contribution in [1.82, 2.24) is 20.4 Å². The Morgan fingerprint density at radius 2 is 1.84 bits per heavy atom. The van der Waals surface area contributed by atoms with E-state index in [1.165, 1.54) is 37.1 Å². The number of morpholine rings is 1. The summed E-state index contributed by atoms with van der Waals surface area (Å²) in [6, 6.07) is 8.84. The molecule has 2 saturated heterocycles. The number of nitrogens with one attached hydrogen (secondary N) is 2. The lowest BCUT2D eigenvalue weighted by molar-refractivity contribution is -0.0201. The molecule has 0 amide bonds. The standard InChI is InChI=1S/C25H43N5O2/c1-4-26-24(28-19-25(3,31)20-29-12-14-32-15-13-29)27-16-22-7-9-23(10-8-22)18-30-11-5-6-21(2)17-30/h7-10,21,31H,4-6,11-20H2,1-3H3,(H2,26,27,28). The quantitative estimate of drug-likeness (QED) is 0.399. The summed E-state index contributed by atoms with van der Waals surface area (Å²) in [7, 11) is 0. The smallest absolute Gasteiger partial charge is 0.191 e. The number of β-amino-alcohol motifs (C(OH)–C–C–N with tert-alkyl or cyclic N) is 1. The Morgan fingerprint density at radius 3 is 2.53 bits per heavy atom. The number of aliphatic imine (C=N–C) groups is 1. The lowest BCUT2D eigenvalue weighted by Crippen LogP contribution is -2.52. The van der Waals surface area contributed by atoms with Gasteiger partial charge in [-0.1, -0.05) is 31.2 Å². The Kier molecular flexibility index (Phi) is 9.78. The van der Waals surface area contributed by atoms with Crippen LogP contribution in [-0.2, 0) is 17.8 Å². The number of ether oxygens (including phenoxy) is 1. The number of likely N-dealkylation sites (tertiary alicyclic amines) is 1. The average Bonchev–Trinajstić information content (AvgIpc) is 2.77. The predicted molar refractivity (Wildman–Crippen MR) is 131 cm³/mol. The Hall–Kier alpha value is -1.67. The first-order valence-electron chi connectivity index (χ1n) is 12.3. The van der Waals surface area contributed by atoms with E-state index in [0.29, 0.717) is 19.6 Å². The summed E-state index contributed by atoms with van der Waals surface area (Å²) in [4.78, 5) is 9.55. The van der Waals surface area contributed by atoms with Crippen molar-refractivity contribution >= 4 is 5.96 Å². The maximum Gasteiger partial charge on any atom is 0.191 e. The number of aliphatic hydroxyl groups is 1. The Bertz CT molecular complexity index is 701. The minimum Gasteiger partial charge on any atom is -0.387 e. The first-order valence-corrected chi connectivity index (χ1v) is 12.3. The van der Waals surface area contributed by atoms with E-state index >= 15 is 0 Å². The van der Waals surface area contributed by atoms with Gasteiger partial charge in [-0.2, -0.15) is 0 Å². The van der Waals surface area contributed by atoms with Crippen LogP contribution in [0.4, 0.5) is 0 Å². The van der Waals surface area contributed by atoms with Gasteiger partial charge in [-0.3, -0.25) is 9.80 Å². The third-order valence-corrected chi connectivity index (χ3v) is 6.24. The normalized spacial score (nSPS) is 23.0. The van der Waals surface area contributed by atoms with Crippen molar-refractivity contribution in [3.63, 3.8) is 0 Å². The van der Waals surface area contributed by atoms with Crippen molar-refractivity contribution in [2.45, 2.75) is 52.3 Å². The highest BCUT2D eigenvalue weighted by atomic mass is 16.5. The molecule has 0 radical (unpaired) electrons. The van der Waals surface area contributed by atoms with E-state index in [1.807, 2.05) is 6.92 Å². The summed E-state index contributed by atoms with van der Waals surface area (Å²) >= 11 is 0. The van der Waals surface area contributed by atoms with Gasteiger partial charge in [-0.15, -0.1) is 0 Å². The molecule has 0 bridgehead atoms. The van der Waals surface area contributed by atoms with Crippen molar-refractivity contribution in [2.75, 3.05) is 59.0 Å². The summed E-state index contributed by atoms with van der Waals surface area (Å²) < 4.78 is 5.40. The van der Waals surface area contributed by atoms with E-state index in [-0.39, 0.29) is 0 Å². The van der Waals surface area contributed by atoms with Crippen LogP contribution in [-0.4, -0.2) is 85.5 Å². The number of benzene rings is 1. The fraction of sp³-hybridized carbons (Fsp3) is 0.720. The molecule has 1 aromatic carbocycles. The Labute approximate surface area is 194 Å². The molecule has 2 aliphatic rings. The second-order valence-corrected chi connectivity index (χ2v) is 9.73. The molecule has 3 rings (SSSR count). The summed E-state index contributed by atoms with van der Waals surface area (Å²) in [6.45, 7) is 15.4. The van der Waals surface area contributed by atoms with Crippen LogP contribution in [0.25, 0.3) is 0 Å². The van der Waals surface area contributed by atoms with E-state index in [2.05, 4.69) is 58.5 Å². The second-order valence-electron chi connectivity index (χ2n) is 9.73. The van der Waals surface area contributed by atoms with Crippen LogP contribution >= 0.6 is 0 Å². The molecule has 32 heavy (non-hydrogen) atoms. The van der Waals surface area contributed by atoms with Gasteiger partial charge in [0.2, 0.25) is 0 Å². The highest BCUT2D eigenvalue weighted by molar-refractivity contribution is 5.79. The fourth-order valence-corrected chi connectivity index (χ4v) is 4.52. The Balaban J connectivity index is 1.48. The third-order valence-electron chi connectivity index (χ3n) is 6.24. The highest BCUT2D eigenvalue weighted by Crippen LogP contribution is 2.18. The number of guanidine groups is 1. The molecule has 2 aliphatic heterocycles. The van der Waals surface area contributed by atoms with Crippen molar-refractivity contribution in [2.24, 2.45) is 10.9 Å². The molecule has 0 aromatic heterocycles. The molecule has 2 unspecified atom stereocenters. The minimum atomic E-state index is -0.832. The van der Waals surface area contributed by atoms with E-state index in [1.54, 1.807) is 0 Å². The second kappa shape index (κ2) is 12.5. The van der Waals surface area contributed by atoms with Gasteiger partial charge >= 0.3 is 0 Å². The number of nitrogens with zero attached hydrogens (tertiary/aromatic N) is 3. The van der Waals surface area contributed by atoms with E-state index in [0.717, 1.165) is 51.3 Å². The zero-order chi connectivity index (χ0) is 22.8. The molecule has 2 heterocycles. The van der Waals surface area contributed by atoms with Crippen molar-refractivity contribution in [3.05, 3.63) is 35.4 Å². The SMILES string of the molecule is CCNC(=NCc1ccc(CN2CCCC(C)C2)cc1)NCC(C)(O)CN1CCOCC1. The van der Waals surface area contributed by atoms with Gasteiger partial charge in [0.15, 0.2) is 5.96 Å². The molecule has 1 aromatic rings. The predicted octanol–water partition coefficient (Wildman–Crippen LogP) is 2.06. The fourth-order valence-electron chi connectivity index (χ4n) is 4.52. The molecule has 2 fully saturated rings. The molecule has 2 atom stereocenters. The minimum absolute atomic E-state index is 0.448. The molecule has 180 valence electrons. The van der Waals surface area contributed by atoms with Gasteiger partial charge in [0.1, 0.15) is 0 Å². The average molecular weight is 446 g/mol. The van der Waals surface area contributed by atoms with Crippen molar-refractivity contribution in [3.8, 4) is 0 Å². The van der Waals surface area contributed by atoms with Crippen LogP contribution in [0.15, 0.2) is 29.3 Å².